The van der Waals surface area contributed by atoms with E-state index in [4.69, 9.17) is 16.1 Å². The van der Waals surface area contributed by atoms with Crippen LogP contribution in [0.25, 0.3) is 0 Å². The molecular formula is C11H19ClN2O3S. The molecule has 0 amide bonds. The monoisotopic (exact) mass is 294 g/mol. The number of halogens is 1. The van der Waals surface area contributed by atoms with E-state index in [0.29, 0.717) is 23.8 Å². The van der Waals surface area contributed by atoms with Crippen LogP contribution in [0.5, 0.6) is 0 Å². The van der Waals surface area contributed by atoms with Crippen molar-refractivity contribution in [2.75, 3.05) is 5.88 Å². The first-order valence-electron chi connectivity index (χ1n) is 5.80. The van der Waals surface area contributed by atoms with E-state index in [1.165, 1.54) is 0 Å². The van der Waals surface area contributed by atoms with E-state index in [1.54, 1.807) is 13.8 Å². The molecule has 1 N–H and O–H groups in total. The van der Waals surface area contributed by atoms with Gasteiger partial charge in [0.15, 0.2) is 5.76 Å². The number of alkyl halides is 1. The summed E-state index contributed by atoms with van der Waals surface area (Å²) in [6.45, 7) is 7.09. The first-order chi connectivity index (χ1) is 8.29. The third-order valence-corrected chi connectivity index (χ3v) is 4.72. The molecule has 0 saturated heterocycles. The van der Waals surface area contributed by atoms with Crippen molar-refractivity contribution in [2.45, 2.75) is 45.1 Å². The lowest BCUT2D eigenvalue weighted by Gasteiger charge is -2.21. The Bertz CT molecular complexity index is 477. The standard InChI is InChI=1S/C11H19ClN2O3S/c1-7(2)10(5-6-12)14-18(15,16)11-8(3)13-17-9(11)4/h7,10,14H,5-6H2,1-4H3. The largest absolute Gasteiger partial charge is 0.360 e. The molecule has 5 nitrogen and oxygen atoms in total. The maximum atomic E-state index is 12.3. The summed E-state index contributed by atoms with van der Waals surface area (Å²) in [5.41, 5.74) is 0.369. The molecule has 0 spiro atoms. The zero-order valence-corrected chi connectivity index (χ0v) is 12.6. The number of nitrogens with zero attached hydrogens (tertiary/aromatic N) is 1. The minimum absolute atomic E-state index is 0.128. The summed E-state index contributed by atoms with van der Waals surface area (Å²) < 4.78 is 32.1. The maximum absolute atomic E-state index is 12.3. The first kappa shape index (κ1) is 15.5. The van der Waals surface area contributed by atoms with E-state index in [-0.39, 0.29) is 16.9 Å². The highest BCUT2D eigenvalue weighted by molar-refractivity contribution is 7.89. The molecule has 104 valence electrons. The van der Waals surface area contributed by atoms with Crippen molar-refractivity contribution in [3.05, 3.63) is 11.5 Å². The van der Waals surface area contributed by atoms with E-state index in [9.17, 15) is 8.42 Å². The number of hydrogen-bond donors (Lipinski definition) is 1. The van der Waals surface area contributed by atoms with Crippen LogP contribution in [0.15, 0.2) is 9.42 Å². The molecule has 0 saturated carbocycles. The van der Waals surface area contributed by atoms with Crippen LogP contribution < -0.4 is 4.72 Å². The van der Waals surface area contributed by atoms with Crippen LogP contribution in [0.4, 0.5) is 0 Å². The smallest absolute Gasteiger partial charge is 0.246 e. The normalized spacial score (nSPS) is 14.1. The van der Waals surface area contributed by atoms with Gasteiger partial charge < -0.3 is 4.52 Å². The van der Waals surface area contributed by atoms with Gasteiger partial charge in [-0.05, 0) is 26.2 Å². The van der Waals surface area contributed by atoms with E-state index >= 15 is 0 Å². The fourth-order valence-corrected chi connectivity index (χ4v) is 3.75. The van der Waals surface area contributed by atoms with Crippen molar-refractivity contribution in [2.24, 2.45) is 5.92 Å². The number of hydrogen-bond acceptors (Lipinski definition) is 4. The number of rotatable bonds is 6. The van der Waals surface area contributed by atoms with Crippen LogP contribution in [-0.2, 0) is 10.0 Å². The second kappa shape index (κ2) is 6.04. The molecule has 0 radical (unpaired) electrons. The number of aryl methyl sites for hydroxylation is 2. The Morgan fingerprint density at radius 1 is 1.39 bits per heavy atom. The average Bonchev–Trinajstić information content (AvgIpc) is 2.58. The van der Waals surface area contributed by atoms with Crippen molar-refractivity contribution in [1.82, 2.24) is 9.88 Å². The predicted molar refractivity (Wildman–Crippen MR) is 70.3 cm³/mol. The fraction of sp³-hybridized carbons (Fsp3) is 0.727. The zero-order valence-electron chi connectivity index (χ0n) is 11.0. The summed E-state index contributed by atoms with van der Waals surface area (Å²) in [5, 5.41) is 3.66. The molecule has 1 atom stereocenters. The van der Waals surface area contributed by atoms with Crippen molar-refractivity contribution < 1.29 is 12.9 Å². The van der Waals surface area contributed by atoms with Crippen LogP contribution in [-0.4, -0.2) is 25.5 Å². The van der Waals surface area contributed by atoms with Gasteiger partial charge in [0.2, 0.25) is 10.0 Å². The Kier molecular flexibility index (Phi) is 5.19. The minimum atomic E-state index is -3.61. The number of aromatic nitrogens is 1. The van der Waals surface area contributed by atoms with Crippen LogP contribution >= 0.6 is 11.6 Å². The molecule has 0 aliphatic carbocycles. The molecular weight excluding hydrogens is 276 g/mol. The summed E-state index contributed by atoms with van der Waals surface area (Å²) in [6.07, 6.45) is 0.585. The van der Waals surface area contributed by atoms with Gasteiger partial charge in [-0.2, -0.15) is 0 Å². The van der Waals surface area contributed by atoms with Gasteiger partial charge in [-0.1, -0.05) is 19.0 Å². The van der Waals surface area contributed by atoms with Crippen LogP contribution in [0.3, 0.4) is 0 Å². The molecule has 0 bridgehead atoms. The second-order valence-corrected chi connectivity index (χ2v) is 6.63. The highest BCUT2D eigenvalue weighted by atomic mass is 35.5. The van der Waals surface area contributed by atoms with Gasteiger partial charge in [-0.25, -0.2) is 13.1 Å². The highest BCUT2D eigenvalue weighted by Crippen LogP contribution is 2.20. The molecule has 1 rings (SSSR count). The molecule has 1 aromatic heterocycles. The van der Waals surface area contributed by atoms with Gasteiger partial charge in [0.1, 0.15) is 10.6 Å². The zero-order chi connectivity index (χ0) is 13.9. The maximum Gasteiger partial charge on any atom is 0.246 e. The highest BCUT2D eigenvalue weighted by Gasteiger charge is 2.27. The van der Waals surface area contributed by atoms with Gasteiger partial charge >= 0.3 is 0 Å². The van der Waals surface area contributed by atoms with E-state index in [0.717, 1.165) is 0 Å². The van der Waals surface area contributed by atoms with Gasteiger partial charge in [0, 0.05) is 11.9 Å². The Labute approximate surface area is 113 Å². The quantitative estimate of drug-likeness (QED) is 0.817. The van der Waals surface area contributed by atoms with E-state index in [1.807, 2.05) is 13.8 Å². The number of sulfonamides is 1. The van der Waals surface area contributed by atoms with Crippen molar-refractivity contribution in [3.8, 4) is 0 Å². The molecule has 0 fully saturated rings. The molecule has 0 aliphatic rings. The second-order valence-electron chi connectivity index (χ2n) is 4.60. The van der Waals surface area contributed by atoms with Crippen molar-refractivity contribution in [1.29, 1.82) is 0 Å². The predicted octanol–water partition coefficient (Wildman–Crippen LogP) is 2.22. The molecule has 0 aromatic carbocycles. The topological polar surface area (TPSA) is 72.2 Å². The van der Waals surface area contributed by atoms with Crippen molar-refractivity contribution >= 4 is 21.6 Å². The fourth-order valence-electron chi connectivity index (χ4n) is 1.76. The molecule has 18 heavy (non-hydrogen) atoms. The van der Waals surface area contributed by atoms with E-state index < -0.39 is 10.0 Å². The molecule has 1 aromatic rings. The lowest BCUT2D eigenvalue weighted by molar-refractivity contribution is 0.390. The minimum Gasteiger partial charge on any atom is -0.360 e. The van der Waals surface area contributed by atoms with Gasteiger partial charge in [-0.15, -0.1) is 11.6 Å². The Hall–Kier alpha value is -0.590. The average molecular weight is 295 g/mol. The first-order valence-corrected chi connectivity index (χ1v) is 7.82. The number of nitrogens with one attached hydrogen (secondary N) is 1. The van der Waals surface area contributed by atoms with Crippen LogP contribution in [0.1, 0.15) is 31.7 Å². The lowest BCUT2D eigenvalue weighted by atomic mass is 10.0. The molecule has 1 unspecified atom stereocenters. The van der Waals surface area contributed by atoms with Gasteiger partial charge in [-0.3, -0.25) is 0 Å². The van der Waals surface area contributed by atoms with Crippen molar-refractivity contribution in [3.63, 3.8) is 0 Å². The summed E-state index contributed by atoms with van der Waals surface area (Å²) >= 11 is 5.69. The molecule has 1 heterocycles. The molecule has 7 heteroatoms. The van der Waals surface area contributed by atoms with Crippen LogP contribution in [0.2, 0.25) is 0 Å². The lowest BCUT2D eigenvalue weighted by Crippen LogP contribution is -2.39. The Balaban J connectivity index is 3.01. The summed E-state index contributed by atoms with van der Waals surface area (Å²) in [7, 11) is -3.61. The Morgan fingerprint density at radius 3 is 2.39 bits per heavy atom. The van der Waals surface area contributed by atoms with E-state index in [2.05, 4.69) is 9.88 Å². The molecule has 0 aliphatic heterocycles. The van der Waals surface area contributed by atoms with Crippen LogP contribution in [0, 0.1) is 19.8 Å². The third-order valence-electron chi connectivity index (χ3n) is 2.77. The van der Waals surface area contributed by atoms with Gasteiger partial charge in [0.05, 0.1) is 0 Å². The van der Waals surface area contributed by atoms with Gasteiger partial charge in [0.25, 0.3) is 0 Å². The summed E-state index contributed by atoms with van der Waals surface area (Å²) in [4.78, 5) is 0.128. The summed E-state index contributed by atoms with van der Waals surface area (Å²) in [5.74, 6) is 0.875. The SMILES string of the molecule is Cc1noc(C)c1S(=O)(=O)NC(CCCl)C(C)C. The summed E-state index contributed by atoms with van der Waals surface area (Å²) in [6, 6.07) is -0.193. The third kappa shape index (κ3) is 3.46. The Morgan fingerprint density at radius 2 is 2.00 bits per heavy atom.